The summed E-state index contributed by atoms with van der Waals surface area (Å²) >= 11 is 0. The summed E-state index contributed by atoms with van der Waals surface area (Å²) in [6.45, 7) is 1.69. The lowest BCUT2D eigenvalue weighted by atomic mass is 9.98. The van der Waals surface area contributed by atoms with Crippen LogP contribution in [0.4, 0.5) is 0 Å². The van der Waals surface area contributed by atoms with Gasteiger partial charge in [-0.1, -0.05) is 24.3 Å². The molecule has 1 aromatic rings. The number of carbonyl (C=O) groups excluding carboxylic acids is 1. The molecular weight excluding hydrogens is 148 g/mol. The van der Waals surface area contributed by atoms with E-state index in [4.69, 9.17) is 0 Å². The van der Waals surface area contributed by atoms with E-state index in [1.165, 1.54) is 11.1 Å². The van der Waals surface area contributed by atoms with Crippen molar-refractivity contribution in [3.8, 4) is 0 Å². The van der Waals surface area contributed by atoms with Crippen LogP contribution in [0.5, 0.6) is 0 Å². The standard InChI is InChI=1S/C11H12O/c1-8(12)10-7-6-9-4-2-3-5-11(9)10/h2-5,10H,6-7H2,1H3/t10-/m1/s1. The summed E-state index contributed by atoms with van der Waals surface area (Å²) in [5, 5.41) is 0. The lowest BCUT2D eigenvalue weighted by molar-refractivity contribution is -0.118. The molecule has 2 rings (SSSR count). The Hall–Kier alpha value is -1.11. The van der Waals surface area contributed by atoms with Crippen LogP contribution in [0.15, 0.2) is 24.3 Å². The second-order valence-electron chi connectivity index (χ2n) is 3.40. The summed E-state index contributed by atoms with van der Waals surface area (Å²) < 4.78 is 0. The molecule has 0 bridgehead atoms. The molecule has 0 saturated carbocycles. The summed E-state index contributed by atoms with van der Waals surface area (Å²) in [7, 11) is 0. The van der Waals surface area contributed by atoms with E-state index in [-0.39, 0.29) is 5.92 Å². The molecule has 1 aliphatic carbocycles. The van der Waals surface area contributed by atoms with Gasteiger partial charge in [-0.3, -0.25) is 4.79 Å². The van der Waals surface area contributed by atoms with Crippen LogP contribution in [-0.2, 0) is 11.2 Å². The Kier molecular flexibility index (Phi) is 1.72. The van der Waals surface area contributed by atoms with Gasteiger partial charge in [0.05, 0.1) is 0 Å². The van der Waals surface area contributed by atoms with Crippen molar-refractivity contribution in [2.45, 2.75) is 25.7 Å². The van der Waals surface area contributed by atoms with Gasteiger partial charge in [0, 0.05) is 5.92 Å². The fraction of sp³-hybridized carbons (Fsp3) is 0.364. The number of ketones is 1. The van der Waals surface area contributed by atoms with Crippen molar-refractivity contribution < 1.29 is 4.79 Å². The van der Waals surface area contributed by atoms with Crippen LogP contribution in [0.1, 0.15) is 30.4 Å². The van der Waals surface area contributed by atoms with Gasteiger partial charge in [0.25, 0.3) is 0 Å². The molecule has 1 nitrogen and oxygen atoms in total. The molecule has 0 heterocycles. The summed E-state index contributed by atoms with van der Waals surface area (Å²) in [6.07, 6.45) is 2.08. The average molecular weight is 160 g/mol. The van der Waals surface area contributed by atoms with Crippen molar-refractivity contribution in [2.75, 3.05) is 0 Å². The van der Waals surface area contributed by atoms with Crippen molar-refractivity contribution in [2.24, 2.45) is 0 Å². The molecule has 0 fully saturated rings. The number of aryl methyl sites for hydroxylation is 1. The minimum Gasteiger partial charge on any atom is -0.299 e. The van der Waals surface area contributed by atoms with E-state index < -0.39 is 0 Å². The van der Waals surface area contributed by atoms with Crippen LogP contribution in [0.2, 0.25) is 0 Å². The lowest BCUT2D eigenvalue weighted by Gasteiger charge is -2.05. The highest BCUT2D eigenvalue weighted by Gasteiger charge is 2.24. The van der Waals surface area contributed by atoms with Crippen LogP contribution in [-0.4, -0.2) is 5.78 Å². The Balaban J connectivity index is 2.42. The molecule has 0 unspecified atom stereocenters. The third-order valence-electron chi connectivity index (χ3n) is 2.62. The number of fused-ring (bicyclic) bond motifs is 1. The molecule has 12 heavy (non-hydrogen) atoms. The van der Waals surface area contributed by atoms with E-state index in [0.29, 0.717) is 5.78 Å². The van der Waals surface area contributed by atoms with Crippen molar-refractivity contribution in [1.29, 1.82) is 0 Å². The number of Topliss-reactive ketones (excluding diaryl/α,β-unsaturated/α-hetero) is 1. The monoisotopic (exact) mass is 160 g/mol. The molecule has 1 atom stereocenters. The minimum atomic E-state index is 0.182. The molecule has 62 valence electrons. The van der Waals surface area contributed by atoms with E-state index in [1.807, 2.05) is 12.1 Å². The Morgan fingerprint density at radius 1 is 1.42 bits per heavy atom. The van der Waals surface area contributed by atoms with E-state index >= 15 is 0 Å². The maximum atomic E-state index is 11.2. The number of carbonyl (C=O) groups is 1. The summed E-state index contributed by atoms with van der Waals surface area (Å²) in [6, 6.07) is 8.26. The number of hydrogen-bond acceptors (Lipinski definition) is 1. The summed E-state index contributed by atoms with van der Waals surface area (Å²) in [4.78, 5) is 11.2. The first-order valence-electron chi connectivity index (χ1n) is 4.37. The van der Waals surface area contributed by atoms with Crippen LogP contribution < -0.4 is 0 Å². The highest BCUT2D eigenvalue weighted by molar-refractivity contribution is 5.84. The van der Waals surface area contributed by atoms with Crippen molar-refractivity contribution in [3.63, 3.8) is 0 Å². The van der Waals surface area contributed by atoms with E-state index in [9.17, 15) is 4.79 Å². The molecule has 0 amide bonds. The maximum Gasteiger partial charge on any atom is 0.137 e. The molecule has 0 aromatic heterocycles. The second kappa shape index (κ2) is 2.74. The van der Waals surface area contributed by atoms with Gasteiger partial charge in [0.2, 0.25) is 0 Å². The van der Waals surface area contributed by atoms with Crippen LogP contribution in [0.25, 0.3) is 0 Å². The van der Waals surface area contributed by atoms with E-state index in [0.717, 1.165) is 12.8 Å². The predicted molar refractivity (Wildman–Crippen MR) is 48.2 cm³/mol. The molecule has 0 aliphatic heterocycles. The fourth-order valence-corrected chi connectivity index (χ4v) is 1.98. The molecule has 1 aliphatic rings. The second-order valence-corrected chi connectivity index (χ2v) is 3.40. The Labute approximate surface area is 72.4 Å². The zero-order valence-corrected chi connectivity index (χ0v) is 7.21. The quantitative estimate of drug-likeness (QED) is 0.616. The zero-order chi connectivity index (χ0) is 8.55. The SMILES string of the molecule is CC(=O)[C@H]1CCc2ccccc21. The fourth-order valence-electron chi connectivity index (χ4n) is 1.98. The molecule has 0 saturated heterocycles. The maximum absolute atomic E-state index is 11.2. The third-order valence-corrected chi connectivity index (χ3v) is 2.62. The zero-order valence-electron chi connectivity index (χ0n) is 7.21. The van der Waals surface area contributed by atoms with Gasteiger partial charge in [-0.05, 0) is 30.9 Å². The molecule has 0 spiro atoms. The van der Waals surface area contributed by atoms with Crippen molar-refractivity contribution in [3.05, 3.63) is 35.4 Å². The molecule has 0 radical (unpaired) electrons. The van der Waals surface area contributed by atoms with Gasteiger partial charge < -0.3 is 0 Å². The van der Waals surface area contributed by atoms with Gasteiger partial charge in [0.1, 0.15) is 5.78 Å². The Morgan fingerprint density at radius 2 is 2.17 bits per heavy atom. The first-order valence-corrected chi connectivity index (χ1v) is 4.37. The van der Waals surface area contributed by atoms with Crippen LogP contribution >= 0.6 is 0 Å². The number of hydrogen-bond donors (Lipinski definition) is 0. The summed E-state index contributed by atoms with van der Waals surface area (Å²) in [5.74, 6) is 0.487. The van der Waals surface area contributed by atoms with Gasteiger partial charge in [-0.25, -0.2) is 0 Å². The third kappa shape index (κ3) is 1.06. The predicted octanol–water partition coefficient (Wildman–Crippen LogP) is 2.31. The smallest absolute Gasteiger partial charge is 0.137 e. The minimum absolute atomic E-state index is 0.182. The lowest BCUT2D eigenvalue weighted by Crippen LogP contribution is -2.03. The van der Waals surface area contributed by atoms with Gasteiger partial charge in [0.15, 0.2) is 0 Å². The first kappa shape index (κ1) is 7.53. The molecule has 1 heteroatoms. The Morgan fingerprint density at radius 3 is 2.92 bits per heavy atom. The summed E-state index contributed by atoms with van der Waals surface area (Å²) in [5.41, 5.74) is 2.61. The van der Waals surface area contributed by atoms with Gasteiger partial charge >= 0.3 is 0 Å². The van der Waals surface area contributed by atoms with Crippen molar-refractivity contribution in [1.82, 2.24) is 0 Å². The highest BCUT2D eigenvalue weighted by atomic mass is 16.1. The number of rotatable bonds is 1. The van der Waals surface area contributed by atoms with Gasteiger partial charge in [-0.2, -0.15) is 0 Å². The molecule has 1 aromatic carbocycles. The topological polar surface area (TPSA) is 17.1 Å². The van der Waals surface area contributed by atoms with Crippen molar-refractivity contribution >= 4 is 5.78 Å². The van der Waals surface area contributed by atoms with E-state index in [1.54, 1.807) is 6.92 Å². The normalized spacial score (nSPS) is 20.6. The number of benzene rings is 1. The largest absolute Gasteiger partial charge is 0.299 e. The Bertz CT molecular complexity index is 315. The molecular formula is C11H12O. The highest BCUT2D eigenvalue weighted by Crippen LogP contribution is 2.32. The molecule has 0 N–H and O–H groups in total. The van der Waals surface area contributed by atoms with E-state index in [2.05, 4.69) is 12.1 Å². The van der Waals surface area contributed by atoms with Crippen LogP contribution in [0, 0.1) is 0 Å². The first-order chi connectivity index (χ1) is 5.79. The van der Waals surface area contributed by atoms with Crippen LogP contribution in [0.3, 0.4) is 0 Å². The van der Waals surface area contributed by atoms with Gasteiger partial charge in [-0.15, -0.1) is 0 Å². The average Bonchev–Trinajstić information content (AvgIpc) is 2.47.